The number of fused-ring (bicyclic) bond motifs is 1. The number of hydrogen-bond acceptors (Lipinski definition) is 5. The normalized spacial score (nSPS) is 12.5. The maximum absolute atomic E-state index is 11.4. The Bertz CT molecular complexity index is 1260. The van der Waals surface area contributed by atoms with Crippen molar-refractivity contribution in [2.24, 2.45) is 0 Å². The largest absolute Gasteiger partial charge is 0.490 e. The first kappa shape index (κ1) is 24.5. The molecule has 1 heterocycles. The first-order valence-corrected chi connectivity index (χ1v) is 11.8. The molecule has 1 atom stereocenters. The number of aromatic amines is 1. The standard InChI is InChI=1S/C29H32N2O4/c1-20(32)22-9-13-25(14-10-22)35-24-11-7-21(8-12-24)17-29(2,3)31-18-23(33)19-34-28-6-4-5-27-26(28)15-16-30-27/h4-16,23,30-31,33H,17-19H2,1-3H3/t23-/m0/s1. The summed E-state index contributed by atoms with van der Waals surface area (Å²) in [5.41, 5.74) is 2.62. The number of nitrogens with one attached hydrogen (secondary N) is 2. The van der Waals surface area contributed by atoms with Crippen LogP contribution in [0.5, 0.6) is 17.2 Å². The molecule has 0 saturated heterocycles. The second-order valence-corrected chi connectivity index (χ2v) is 9.43. The van der Waals surface area contributed by atoms with Crippen molar-refractivity contribution in [3.8, 4) is 17.2 Å². The molecule has 0 amide bonds. The van der Waals surface area contributed by atoms with Gasteiger partial charge in [-0.3, -0.25) is 4.79 Å². The molecule has 0 aliphatic rings. The quantitative estimate of drug-likeness (QED) is 0.251. The van der Waals surface area contributed by atoms with Crippen molar-refractivity contribution in [3.63, 3.8) is 0 Å². The Morgan fingerprint density at radius 2 is 1.69 bits per heavy atom. The molecular weight excluding hydrogens is 440 g/mol. The lowest BCUT2D eigenvalue weighted by atomic mass is 9.94. The van der Waals surface area contributed by atoms with Crippen molar-refractivity contribution in [1.29, 1.82) is 0 Å². The highest BCUT2D eigenvalue weighted by Crippen LogP contribution is 2.25. The number of ketones is 1. The molecule has 35 heavy (non-hydrogen) atoms. The minimum atomic E-state index is -0.631. The summed E-state index contributed by atoms with van der Waals surface area (Å²) in [6.45, 7) is 6.41. The summed E-state index contributed by atoms with van der Waals surface area (Å²) in [6, 6.07) is 22.9. The van der Waals surface area contributed by atoms with Gasteiger partial charge in [0.05, 0.1) is 0 Å². The van der Waals surface area contributed by atoms with Crippen molar-refractivity contribution < 1.29 is 19.4 Å². The van der Waals surface area contributed by atoms with Crippen molar-refractivity contribution >= 4 is 16.7 Å². The van der Waals surface area contributed by atoms with Crippen LogP contribution in [0, 0.1) is 0 Å². The topological polar surface area (TPSA) is 83.6 Å². The Labute approximate surface area is 205 Å². The molecule has 1 aromatic heterocycles. The van der Waals surface area contributed by atoms with E-state index in [4.69, 9.17) is 9.47 Å². The molecule has 0 aliphatic heterocycles. The van der Waals surface area contributed by atoms with Crippen molar-refractivity contribution in [1.82, 2.24) is 10.3 Å². The monoisotopic (exact) mass is 472 g/mol. The van der Waals surface area contributed by atoms with Crippen LogP contribution in [0.25, 0.3) is 10.9 Å². The van der Waals surface area contributed by atoms with Gasteiger partial charge in [0.15, 0.2) is 5.78 Å². The zero-order valence-corrected chi connectivity index (χ0v) is 20.4. The van der Waals surface area contributed by atoms with Gasteiger partial charge in [-0.05, 0) is 87.4 Å². The van der Waals surface area contributed by atoms with Crippen LogP contribution >= 0.6 is 0 Å². The highest BCUT2D eigenvalue weighted by molar-refractivity contribution is 5.94. The Kier molecular flexibility index (Phi) is 7.54. The number of benzene rings is 3. The highest BCUT2D eigenvalue weighted by atomic mass is 16.5. The van der Waals surface area contributed by atoms with Crippen LogP contribution in [0.4, 0.5) is 0 Å². The third-order valence-electron chi connectivity index (χ3n) is 5.87. The Morgan fingerprint density at radius 3 is 2.37 bits per heavy atom. The average Bonchev–Trinajstić information content (AvgIpc) is 3.32. The van der Waals surface area contributed by atoms with Gasteiger partial charge in [0.25, 0.3) is 0 Å². The van der Waals surface area contributed by atoms with Gasteiger partial charge in [-0.25, -0.2) is 0 Å². The number of H-pyrrole nitrogens is 1. The molecule has 4 aromatic rings. The first-order chi connectivity index (χ1) is 16.8. The smallest absolute Gasteiger partial charge is 0.159 e. The number of carbonyl (C=O) groups is 1. The lowest BCUT2D eigenvalue weighted by Crippen LogP contribution is -2.46. The molecule has 3 aromatic carbocycles. The van der Waals surface area contributed by atoms with E-state index >= 15 is 0 Å². The fraction of sp³-hybridized carbons (Fsp3) is 0.276. The fourth-order valence-corrected chi connectivity index (χ4v) is 3.96. The van der Waals surface area contributed by atoms with Crippen LogP contribution in [0.2, 0.25) is 0 Å². The van der Waals surface area contributed by atoms with E-state index in [1.54, 1.807) is 31.2 Å². The van der Waals surface area contributed by atoms with Gasteiger partial charge in [-0.1, -0.05) is 18.2 Å². The van der Waals surface area contributed by atoms with Crippen LogP contribution in [-0.2, 0) is 6.42 Å². The Balaban J connectivity index is 1.25. The first-order valence-electron chi connectivity index (χ1n) is 11.8. The zero-order chi connectivity index (χ0) is 24.8. The SMILES string of the molecule is CC(=O)c1ccc(Oc2ccc(CC(C)(C)NC[C@H](O)COc3cccc4[nH]ccc34)cc2)cc1. The number of carbonyl (C=O) groups excluding carboxylic acids is 1. The molecule has 0 aliphatic carbocycles. The van der Waals surface area contributed by atoms with Gasteiger partial charge in [-0.2, -0.15) is 0 Å². The van der Waals surface area contributed by atoms with Crippen LogP contribution in [-0.4, -0.2) is 40.7 Å². The summed E-state index contributed by atoms with van der Waals surface area (Å²) in [5.74, 6) is 2.22. The zero-order valence-electron chi connectivity index (χ0n) is 20.4. The number of aliphatic hydroxyl groups is 1. The van der Waals surface area contributed by atoms with Crippen LogP contribution in [0.3, 0.4) is 0 Å². The minimum Gasteiger partial charge on any atom is -0.490 e. The number of ether oxygens (including phenoxy) is 2. The Morgan fingerprint density at radius 1 is 1.00 bits per heavy atom. The summed E-state index contributed by atoms with van der Waals surface area (Å²) in [5, 5.41) is 14.9. The van der Waals surface area contributed by atoms with E-state index in [0.717, 1.165) is 34.4 Å². The Hall–Kier alpha value is -3.61. The number of rotatable bonds is 11. The van der Waals surface area contributed by atoms with Crippen LogP contribution in [0.1, 0.15) is 36.7 Å². The third-order valence-corrected chi connectivity index (χ3v) is 5.87. The molecule has 0 spiro atoms. The molecule has 0 bridgehead atoms. The van der Waals surface area contributed by atoms with Crippen molar-refractivity contribution in [3.05, 3.63) is 90.1 Å². The second-order valence-electron chi connectivity index (χ2n) is 9.43. The maximum atomic E-state index is 11.4. The molecular formula is C29H32N2O4. The lowest BCUT2D eigenvalue weighted by molar-refractivity contribution is 0.0996. The van der Waals surface area contributed by atoms with Gasteiger partial charge in [-0.15, -0.1) is 0 Å². The van der Waals surface area contributed by atoms with Crippen molar-refractivity contribution in [2.75, 3.05) is 13.2 Å². The molecule has 0 saturated carbocycles. The number of Topliss-reactive ketones (excluding diaryl/α,β-unsaturated/α-hetero) is 1. The predicted octanol–water partition coefficient (Wildman–Crippen LogP) is 5.51. The maximum Gasteiger partial charge on any atom is 0.159 e. The van der Waals surface area contributed by atoms with E-state index in [9.17, 15) is 9.90 Å². The van der Waals surface area contributed by atoms with E-state index < -0.39 is 6.10 Å². The van der Waals surface area contributed by atoms with Crippen LogP contribution < -0.4 is 14.8 Å². The van der Waals surface area contributed by atoms with E-state index in [1.807, 2.05) is 54.7 Å². The average molecular weight is 473 g/mol. The van der Waals surface area contributed by atoms with E-state index in [-0.39, 0.29) is 17.9 Å². The molecule has 0 unspecified atom stereocenters. The molecule has 4 rings (SSSR count). The van der Waals surface area contributed by atoms with Crippen molar-refractivity contribution in [2.45, 2.75) is 38.8 Å². The summed E-state index contributed by atoms with van der Waals surface area (Å²) in [4.78, 5) is 14.6. The van der Waals surface area contributed by atoms with Gasteiger partial charge >= 0.3 is 0 Å². The van der Waals surface area contributed by atoms with Crippen LogP contribution in [0.15, 0.2) is 79.0 Å². The second kappa shape index (κ2) is 10.8. The van der Waals surface area contributed by atoms with Gasteiger partial charge in [0.1, 0.15) is 30.0 Å². The summed E-state index contributed by atoms with van der Waals surface area (Å²) < 4.78 is 11.7. The molecule has 0 fully saturated rings. The summed E-state index contributed by atoms with van der Waals surface area (Å²) in [6.07, 6.45) is 2.04. The number of β-amino-alcohol motifs (C(OH)–C–C–N with tert-alkyl or cyclic N) is 1. The fourth-order valence-electron chi connectivity index (χ4n) is 3.96. The predicted molar refractivity (Wildman–Crippen MR) is 139 cm³/mol. The molecule has 0 radical (unpaired) electrons. The van der Waals surface area contributed by atoms with E-state index in [0.29, 0.717) is 17.9 Å². The van der Waals surface area contributed by atoms with E-state index in [1.165, 1.54) is 0 Å². The third kappa shape index (κ3) is 6.72. The van der Waals surface area contributed by atoms with Gasteiger partial charge < -0.3 is 24.9 Å². The molecule has 6 nitrogen and oxygen atoms in total. The summed E-state index contributed by atoms with van der Waals surface area (Å²) >= 11 is 0. The molecule has 182 valence electrons. The number of aliphatic hydroxyl groups excluding tert-OH is 1. The highest BCUT2D eigenvalue weighted by Gasteiger charge is 2.20. The summed E-state index contributed by atoms with van der Waals surface area (Å²) in [7, 11) is 0. The lowest BCUT2D eigenvalue weighted by Gasteiger charge is -2.28. The molecule has 3 N–H and O–H groups in total. The minimum absolute atomic E-state index is 0.0338. The van der Waals surface area contributed by atoms with Gasteiger partial charge in [0.2, 0.25) is 0 Å². The van der Waals surface area contributed by atoms with E-state index in [2.05, 4.69) is 24.1 Å². The van der Waals surface area contributed by atoms with Gasteiger partial charge in [0, 0.05) is 34.7 Å². The molecule has 6 heteroatoms. The number of hydrogen-bond donors (Lipinski definition) is 3. The number of aromatic nitrogens is 1.